The van der Waals surface area contributed by atoms with Crippen LogP contribution in [-0.2, 0) is 16.6 Å². The van der Waals surface area contributed by atoms with Gasteiger partial charge in [-0.3, -0.25) is 0 Å². The van der Waals surface area contributed by atoms with Gasteiger partial charge in [-0.05, 0) is 47.0 Å². The van der Waals surface area contributed by atoms with E-state index in [9.17, 15) is 8.42 Å². The number of sulfonamides is 1. The van der Waals surface area contributed by atoms with E-state index in [0.717, 1.165) is 18.7 Å². The van der Waals surface area contributed by atoms with Crippen LogP contribution in [0.1, 0.15) is 26.0 Å². The van der Waals surface area contributed by atoms with E-state index < -0.39 is 10.0 Å². The molecular weight excluding hydrogens is 276 g/mol. The topological polar surface area (TPSA) is 77.2 Å². The third kappa shape index (κ3) is 5.24. The van der Waals surface area contributed by atoms with Crippen LogP contribution in [0, 0.1) is 0 Å². The van der Waals surface area contributed by atoms with Crippen LogP contribution >= 0.6 is 0 Å². The van der Waals surface area contributed by atoms with Gasteiger partial charge in [-0.15, -0.1) is 0 Å². The van der Waals surface area contributed by atoms with Gasteiger partial charge in [-0.25, -0.2) is 13.1 Å². The highest BCUT2D eigenvalue weighted by molar-refractivity contribution is 7.89. The highest BCUT2D eigenvalue weighted by atomic mass is 32.2. The molecule has 0 amide bonds. The molecular formula is C13H26N4O2S. The van der Waals surface area contributed by atoms with E-state index in [1.807, 2.05) is 14.1 Å². The SMILES string of the molecule is CNCc1cc(S(=O)(=O)NCCCN(C)C(C)C)c[nH]1. The molecule has 0 fully saturated rings. The fourth-order valence-corrected chi connectivity index (χ4v) is 2.83. The molecule has 0 spiro atoms. The van der Waals surface area contributed by atoms with Crippen molar-refractivity contribution in [2.75, 3.05) is 27.2 Å². The van der Waals surface area contributed by atoms with Gasteiger partial charge in [0.05, 0.1) is 4.90 Å². The van der Waals surface area contributed by atoms with Gasteiger partial charge in [-0.2, -0.15) is 0 Å². The maximum absolute atomic E-state index is 12.1. The minimum absolute atomic E-state index is 0.292. The largest absolute Gasteiger partial charge is 0.363 e. The summed E-state index contributed by atoms with van der Waals surface area (Å²) in [5.41, 5.74) is 0.854. The summed E-state index contributed by atoms with van der Waals surface area (Å²) in [6, 6.07) is 2.12. The molecule has 0 saturated carbocycles. The molecule has 0 aliphatic heterocycles. The van der Waals surface area contributed by atoms with Crippen molar-refractivity contribution in [1.29, 1.82) is 0 Å². The lowest BCUT2D eigenvalue weighted by Gasteiger charge is -2.20. The summed E-state index contributed by atoms with van der Waals surface area (Å²) in [4.78, 5) is 5.43. The first kappa shape index (κ1) is 17.2. The Kier molecular flexibility index (Phi) is 6.67. The second-order valence-corrected chi connectivity index (χ2v) is 6.98. The number of hydrogen-bond acceptors (Lipinski definition) is 4. The number of aromatic nitrogens is 1. The van der Waals surface area contributed by atoms with Crippen molar-refractivity contribution in [3.8, 4) is 0 Å². The first-order chi connectivity index (χ1) is 9.36. The molecule has 1 aromatic rings. The quantitative estimate of drug-likeness (QED) is 0.588. The van der Waals surface area contributed by atoms with Crippen LogP contribution in [0.25, 0.3) is 0 Å². The molecule has 0 radical (unpaired) electrons. The summed E-state index contributed by atoms with van der Waals surface area (Å²) in [6.45, 7) is 6.18. The van der Waals surface area contributed by atoms with E-state index in [1.54, 1.807) is 6.07 Å². The zero-order chi connectivity index (χ0) is 15.2. The predicted molar refractivity (Wildman–Crippen MR) is 81.1 cm³/mol. The molecule has 7 heteroatoms. The molecule has 6 nitrogen and oxygen atoms in total. The van der Waals surface area contributed by atoms with Gasteiger partial charge in [0.2, 0.25) is 10.0 Å². The first-order valence-electron chi connectivity index (χ1n) is 6.88. The van der Waals surface area contributed by atoms with Gasteiger partial charge in [0.25, 0.3) is 0 Å². The van der Waals surface area contributed by atoms with Gasteiger partial charge in [-0.1, -0.05) is 0 Å². The van der Waals surface area contributed by atoms with Crippen molar-refractivity contribution >= 4 is 10.0 Å². The molecule has 0 unspecified atom stereocenters. The van der Waals surface area contributed by atoms with E-state index in [1.165, 1.54) is 6.20 Å². The van der Waals surface area contributed by atoms with Crippen molar-refractivity contribution in [3.63, 3.8) is 0 Å². The van der Waals surface area contributed by atoms with Crippen LogP contribution in [0.2, 0.25) is 0 Å². The highest BCUT2D eigenvalue weighted by Gasteiger charge is 2.15. The number of H-pyrrole nitrogens is 1. The second-order valence-electron chi connectivity index (χ2n) is 5.22. The number of hydrogen-bond donors (Lipinski definition) is 3. The molecule has 0 aromatic carbocycles. The van der Waals surface area contributed by atoms with Gasteiger partial charge < -0.3 is 15.2 Å². The highest BCUT2D eigenvalue weighted by Crippen LogP contribution is 2.10. The lowest BCUT2D eigenvalue weighted by molar-refractivity contribution is 0.271. The van der Waals surface area contributed by atoms with Crippen LogP contribution < -0.4 is 10.0 Å². The number of nitrogens with one attached hydrogen (secondary N) is 3. The van der Waals surface area contributed by atoms with Crippen molar-refractivity contribution in [2.24, 2.45) is 0 Å². The molecule has 1 heterocycles. The standard InChI is InChI=1S/C13H26N4O2S/c1-11(2)17(4)7-5-6-16-20(18,19)13-8-12(9-14-3)15-10-13/h8,10-11,14-16H,5-7,9H2,1-4H3. The van der Waals surface area contributed by atoms with Gasteiger partial charge in [0.15, 0.2) is 0 Å². The van der Waals surface area contributed by atoms with Gasteiger partial charge >= 0.3 is 0 Å². The van der Waals surface area contributed by atoms with E-state index in [2.05, 4.69) is 33.8 Å². The maximum Gasteiger partial charge on any atom is 0.242 e. The Bertz CT molecular complexity index is 496. The van der Waals surface area contributed by atoms with E-state index in [-0.39, 0.29) is 0 Å². The van der Waals surface area contributed by atoms with Gasteiger partial charge in [0, 0.05) is 31.0 Å². The molecule has 116 valence electrons. The number of nitrogens with zero attached hydrogens (tertiary/aromatic N) is 1. The van der Waals surface area contributed by atoms with Crippen molar-refractivity contribution in [1.82, 2.24) is 19.9 Å². The zero-order valence-electron chi connectivity index (χ0n) is 12.7. The molecule has 0 aliphatic carbocycles. The summed E-state index contributed by atoms with van der Waals surface area (Å²) in [5, 5.41) is 2.97. The van der Waals surface area contributed by atoms with E-state index in [0.29, 0.717) is 24.0 Å². The molecule has 0 atom stereocenters. The lowest BCUT2D eigenvalue weighted by atomic mass is 10.3. The Morgan fingerprint density at radius 3 is 2.70 bits per heavy atom. The fraction of sp³-hybridized carbons (Fsp3) is 0.692. The Hall–Kier alpha value is -0.890. The monoisotopic (exact) mass is 302 g/mol. The minimum Gasteiger partial charge on any atom is -0.363 e. The van der Waals surface area contributed by atoms with Crippen molar-refractivity contribution < 1.29 is 8.42 Å². The number of aromatic amines is 1. The molecule has 0 bridgehead atoms. The molecule has 1 rings (SSSR count). The third-order valence-corrected chi connectivity index (χ3v) is 4.70. The van der Waals surface area contributed by atoms with Gasteiger partial charge in [0.1, 0.15) is 0 Å². The zero-order valence-corrected chi connectivity index (χ0v) is 13.5. The predicted octanol–water partition coefficient (Wildman–Crippen LogP) is 0.743. The van der Waals surface area contributed by atoms with Crippen LogP contribution in [0.3, 0.4) is 0 Å². The van der Waals surface area contributed by atoms with Crippen LogP contribution in [-0.4, -0.2) is 51.5 Å². The lowest BCUT2D eigenvalue weighted by Crippen LogP contribution is -2.31. The third-order valence-electron chi connectivity index (χ3n) is 3.26. The Morgan fingerprint density at radius 2 is 2.10 bits per heavy atom. The van der Waals surface area contributed by atoms with E-state index >= 15 is 0 Å². The van der Waals surface area contributed by atoms with Crippen LogP contribution in [0.15, 0.2) is 17.2 Å². The summed E-state index contributed by atoms with van der Waals surface area (Å²) in [5.74, 6) is 0. The minimum atomic E-state index is -3.40. The average molecular weight is 302 g/mol. The summed E-state index contributed by atoms with van der Waals surface area (Å²) < 4.78 is 26.8. The Morgan fingerprint density at radius 1 is 1.40 bits per heavy atom. The fourth-order valence-electron chi connectivity index (χ4n) is 1.74. The average Bonchev–Trinajstić information content (AvgIpc) is 2.84. The van der Waals surface area contributed by atoms with E-state index in [4.69, 9.17) is 0 Å². The smallest absolute Gasteiger partial charge is 0.242 e. The second kappa shape index (κ2) is 7.78. The van der Waals surface area contributed by atoms with Crippen molar-refractivity contribution in [3.05, 3.63) is 18.0 Å². The van der Waals surface area contributed by atoms with Crippen molar-refractivity contribution in [2.45, 2.75) is 37.8 Å². The molecule has 3 N–H and O–H groups in total. The summed E-state index contributed by atoms with van der Waals surface area (Å²) in [6.07, 6.45) is 2.32. The summed E-state index contributed by atoms with van der Waals surface area (Å²) in [7, 11) is 0.451. The molecule has 0 aliphatic rings. The van der Waals surface area contributed by atoms with Crippen LogP contribution in [0.4, 0.5) is 0 Å². The van der Waals surface area contributed by atoms with Crippen LogP contribution in [0.5, 0.6) is 0 Å². The molecule has 20 heavy (non-hydrogen) atoms. The number of rotatable bonds is 9. The maximum atomic E-state index is 12.1. The Balaban J connectivity index is 2.45. The Labute approximate surface area is 122 Å². The normalized spacial score (nSPS) is 12.5. The summed E-state index contributed by atoms with van der Waals surface area (Å²) >= 11 is 0. The first-order valence-corrected chi connectivity index (χ1v) is 8.37. The molecule has 1 aromatic heterocycles. The molecule has 0 saturated heterocycles.